The molecule has 2 aromatic rings. The molecule has 1 aliphatic rings. The van der Waals surface area contributed by atoms with E-state index < -0.39 is 0 Å². The van der Waals surface area contributed by atoms with Crippen molar-refractivity contribution in [3.63, 3.8) is 0 Å². The van der Waals surface area contributed by atoms with Crippen LogP contribution in [0.1, 0.15) is 51.3 Å². The van der Waals surface area contributed by atoms with Gasteiger partial charge >= 0.3 is 0 Å². The van der Waals surface area contributed by atoms with Gasteiger partial charge in [-0.25, -0.2) is 0 Å². The highest BCUT2D eigenvalue weighted by atomic mass is 16.5. The summed E-state index contributed by atoms with van der Waals surface area (Å²) < 4.78 is 6.15. The Morgan fingerprint density at radius 3 is 2.30 bits per heavy atom. The molecule has 0 unspecified atom stereocenters. The van der Waals surface area contributed by atoms with Gasteiger partial charge in [0.2, 0.25) is 0 Å². The zero-order valence-corrected chi connectivity index (χ0v) is 16.6. The number of rotatable bonds is 3. The molecule has 4 nitrogen and oxygen atoms in total. The highest BCUT2D eigenvalue weighted by Gasteiger charge is 2.42. The van der Waals surface area contributed by atoms with Crippen LogP contribution in [-0.2, 0) is 4.74 Å². The van der Waals surface area contributed by atoms with Crippen molar-refractivity contribution < 1.29 is 15.1 Å². The Labute approximate surface area is 160 Å². The molecular weight excluding hydrogens is 338 g/mol. The lowest BCUT2D eigenvalue weighted by molar-refractivity contribution is 0.213. The molecule has 3 rings (SSSR count). The maximum Gasteiger partial charge on any atom is 0.127 e. The van der Waals surface area contributed by atoms with Crippen molar-refractivity contribution >= 4 is 11.5 Å². The van der Waals surface area contributed by atoms with E-state index in [1.165, 1.54) is 5.57 Å². The molecule has 0 radical (unpaired) electrons. The summed E-state index contributed by atoms with van der Waals surface area (Å²) in [6.45, 7) is 11.4. The van der Waals surface area contributed by atoms with Gasteiger partial charge in [-0.15, -0.1) is 0 Å². The number of nitrogens with zero attached hydrogens (tertiary/aromatic N) is 1. The normalized spacial score (nSPS) is 17.1. The van der Waals surface area contributed by atoms with Gasteiger partial charge < -0.3 is 15.1 Å². The standard InChI is InChI=1S/C23H27NO3/c1-22(2,3)21-20(27-14-23(21,4)5)16-12-9-13-17(25)18(16)19(24-26)15-10-7-6-8-11-15/h6-13,25-26H,14H2,1-5H3. The number of hydrogen-bond acceptors (Lipinski definition) is 4. The van der Waals surface area contributed by atoms with Gasteiger partial charge in [-0.1, -0.05) is 82.2 Å². The quantitative estimate of drug-likeness (QED) is 0.433. The molecule has 142 valence electrons. The Hall–Kier alpha value is -2.75. The molecule has 0 aliphatic carbocycles. The van der Waals surface area contributed by atoms with Crippen molar-refractivity contribution in [1.82, 2.24) is 0 Å². The van der Waals surface area contributed by atoms with Gasteiger partial charge in [-0.3, -0.25) is 0 Å². The van der Waals surface area contributed by atoms with Crippen molar-refractivity contribution in [2.45, 2.75) is 34.6 Å². The van der Waals surface area contributed by atoms with E-state index in [9.17, 15) is 10.3 Å². The van der Waals surface area contributed by atoms with Crippen LogP contribution in [0.3, 0.4) is 0 Å². The molecule has 0 saturated carbocycles. The molecule has 0 spiro atoms. The first kappa shape index (κ1) is 19.0. The maximum atomic E-state index is 10.7. The first-order valence-electron chi connectivity index (χ1n) is 9.15. The van der Waals surface area contributed by atoms with Crippen molar-refractivity contribution in [2.75, 3.05) is 6.61 Å². The smallest absolute Gasteiger partial charge is 0.127 e. The number of ether oxygens (including phenoxy) is 1. The molecule has 1 heterocycles. The third-order valence-electron chi connectivity index (χ3n) is 4.90. The molecule has 0 saturated heterocycles. The van der Waals surface area contributed by atoms with Crippen molar-refractivity contribution in [1.29, 1.82) is 0 Å². The van der Waals surface area contributed by atoms with Crippen molar-refractivity contribution in [3.05, 3.63) is 70.8 Å². The predicted molar refractivity (Wildman–Crippen MR) is 108 cm³/mol. The van der Waals surface area contributed by atoms with E-state index >= 15 is 0 Å². The Balaban J connectivity index is 2.30. The summed E-state index contributed by atoms with van der Waals surface area (Å²) in [4.78, 5) is 0. The summed E-state index contributed by atoms with van der Waals surface area (Å²) in [5.41, 5.74) is 3.20. The minimum atomic E-state index is -0.125. The first-order valence-corrected chi connectivity index (χ1v) is 9.15. The molecule has 1 aliphatic heterocycles. The molecule has 0 bridgehead atoms. The second kappa shape index (κ2) is 6.76. The van der Waals surface area contributed by atoms with Crippen LogP contribution < -0.4 is 0 Å². The first-order chi connectivity index (χ1) is 12.7. The van der Waals surface area contributed by atoms with Gasteiger partial charge in [0, 0.05) is 16.5 Å². The molecule has 2 N–H and O–H groups in total. The van der Waals surface area contributed by atoms with Crippen LogP contribution in [0.4, 0.5) is 0 Å². The Kier molecular flexibility index (Phi) is 4.77. The van der Waals surface area contributed by atoms with Crippen LogP contribution in [0.5, 0.6) is 5.75 Å². The highest BCUT2D eigenvalue weighted by Crippen LogP contribution is 2.50. The Morgan fingerprint density at radius 1 is 1.04 bits per heavy atom. The van der Waals surface area contributed by atoms with Crippen LogP contribution in [0, 0.1) is 10.8 Å². The number of hydrogen-bond donors (Lipinski definition) is 2. The average Bonchev–Trinajstić information content (AvgIpc) is 2.93. The molecule has 0 amide bonds. The second-order valence-corrected chi connectivity index (χ2v) is 8.64. The SMILES string of the molecule is CC(C)(C)C1=C(c2cccc(O)c2C(=NO)c2ccccc2)OCC1(C)C. The lowest BCUT2D eigenvalue weighted by Crippen LogP contribution is -2.24. The number of benzene rings is 2. The molecule has 27 heavy (non-hydrogen) atoms. The number of aromatic hydroxyl groups is 1. The highest BCUT2D eigenvalue weighted by molar-refractivity contribution is 6.16. The molecule has 0 fully saturated rings. The lowest BCUT2D eigenvalue weighted by Gasteiger charge is -2.31. The van der Waals surface area contributed by atoms with E-state index in [4.69, 9.17) is 4.74 Å². The third kappa shape index (κ3) is 3.44. The molecule has 0 aromatic heterocycles. The van der Waals surface area contributed by atoms with Gasteiger partial charge in [0.15, 0.2) is 0 Å². The van der Waals surface area contributed by atoms with E-state index in [0.717, 1.165) is 16.9 Å². The van der Waals surface area contributed by atoms with E-state index in [1.807, 2.05) is 36.4 Å². The predicted octanol–water partition coefficient (Wildman–Crippen LogP) is 5.43. The lowest BCUT2D eigenvalue weighted by atomic mass is 9.71. The molecule has 2 aromatic carbocycles. The van der Waals surface area contributed by atoms with Crippen LogP contribution in [0.25, 0.3) is 5.76 Å². The summed E-state index contributed by atoms with van der Waals surface area (Å²) in [5.74, 6) is 0.814. The number of oxime groups is 1. The summed E-state index contributed by atoms with van der Waals surface area (Å²) in [6.07, 6.45) is 0. The number of phenols is 1. The third-order valence-corrected chi connectivity index (χ3v) is 4.90. The monoisotopic (exact) mass is 365 g/mol. The molecule has 4 heteroatoms. The van der Waals surface area contributed by atoms with E-state index in [2.05, 4.69) is 39.8 Å². The fourth-order valence-corrected chi connectivity index (χ4v) is 4.10. The Bertz CT molecular complexity index is 903. The fraction of sp³-hybridized carbons (Fsp3) is 0.348. The molecule has 0 atom stereocenters. The van der Waals surface area contributed by atoms with Gasteiger partial charge in [-0.2, -0.15) is 0 Å². The molecular formula is C23H27NO3. The topological polar surface area (TPSA) is 62.1 Å². The Morgan fingerprint density at radius 2 is 1.70 bits per heavy atom. The van der Waals surface area contributed by atoms with Crippen LogP contribution in [0.15, 0.2) is 59.3 Å². The minimum absolute atomic E-state index is 0.0539. The largest absolute Gasteiger partial charge is 0.507 e. The summed E-state index contributed by atoms with van der Waals surface area (Å²) in [5, 5.41) is 24.0. The zero-order valence-electron chi connectivity index (χ0n) is 16.6. The average molecular weight is 365 g/mol. The van der Waals surface area contributed by atoms with Crippen LogP contribution in [0.2, 0.25) is 0 Å². The van der Waals surface area contributed by atoms with Gasteiger partial charge in [0.05, 0.1) is 12.2 Å². The minimum Gasteiger partial charge on any atom is -0.507 e. The van der Waals surface area contributed by atoms with Gasteiger partial charge in [0.1, 0.15) is 17.2 Å². The van der Waals surface area contributed by atoms with E-state index in [1.54, 1.807) is 12.1 Å². The van der Waals surface area contributed by atoms with E-state index in [-0.39, 0.29) is 16.6 Å². The van der Waals surface area contributed by atoms with Crippen molar-refractivity contribution in [3.8, 4) is 5.75 Å². The van der Waals surface area contributed by atoms with Gasteiger partial charge in [-0.05, 0) is 17.1 Å². The maximum absolute atomic E-state index is 10.7. The summed E-state index contributed by atoms with van der Waals surface area (Å²) in [7, 11) is 0. The zero-order chi connectivity index (χ0) is 19.8. The fourth-order valence-electron chi connectivity index (χ4n) is 4.10. The second-order valence-electron chi connectivity index (χ2n) is 8.64. The van der Waals surface area contributed by atoms with Crippen molar-refractivity contribution in [2.24, 2.45) is 16.0 Å². The van der Waals surface area contributed by atoms with E-state index in [0.29, 0.717) is 17.9 Å². The number of phenolic OH excluding ortho intramolecular Hbond substituents is 1. The van der Waals surface area contributed by atoms with Crippen LogP contribution >= 0.6 is 0 Å². The summed E-state index contributed by atoms with van der Waals surface area (Å²) in [6, 6.07) is 14.6. The van der Waals surface area contributed by atoms with Gasteiger partial charge in [0.25, 0.3) is 0 Å². The van der Waals surface area contributed by atoms with Crippen LogP contribution in [-0.4, -0.2) is 22.6 Å². The summed E-state index contributed by atoms with van der Waals surface area (Å²) >= 11 is 0.